The number of fused-ring (bicyclic) bond motifs is 1. The van der Waals surface area contributed by atoms with Gasteiger partial charge in [0.15, 0.2) is 6.61 Å². The number of thiophene rings is 1. The molecule has 3 aromatic carbocycles. The number of carbonyl (C=O) groups excluding carboxylic acids is 2. The number of nitrogens with zero attached hydrogens (tertiary/aromatic N) is 1. The van der Waals surface area contributed by atoms with Crippen LogP contribution in [0.4, 0.5) is 0 Å². The summed E-state index contributed by atoms with van der Waals surface area (Å²) in [6.07, 6.45) is 1.49. The third-order valence-corrected chi connectivity index (χ3v) is 6.72. The third-order valence-electron chi connectivity index (χ3n) is 5.06. The topological polar surface area (TPSA) is 77.0 Å². The molecular formula is C26H21ClN2O4S. The first-order valence-electron chi connectivity index (χ1n) is 10.4. The molecule has 0 saturated heterocycles. The van der Waals surface area contributed by atoms with Crippen LogP contribution in [0.25, 0.3) is 10.1 Å². The third kappa shape index (κ3) is 5.62. The maximum Gasteiger partial charge on any atom is 0.355 e. The van der Waals surface area contributed by atoms with Crippen molar-refractivity contribution in [3.63, 3.8) is 0 Å². The summed E-state index contributed by atoms with van der Waals surface area (Å²) in [7, 11) is 0. The summed E-state index contributed by atoms with van der Waals surface area (Å²) < 4.78 is 11.9. The summed E-state index contributed by atoms with van der Waals surface area (Å²) in [5, 5.41) is 5.15. The second kappa shape index (κ2) is 10.5. The van der Waals surface area contributed by atoms with Crippen molar-refractivity contribution in [2.75, 3.05) is 6.61 Å². The second-order valence-electron chi connectivity index (χ2n) is 7.53. The minimum absolute atomic E-state index is 0.144. The van der Waals surface area contributed by atoms with Crippen LogP contribution in [0.15, 0.2) is 71.8 Å². The number of nitrogens with one attached hydrogen (secondary N) is 1. The monoisotopic (exact) mass is 492 g/mol. The minimum atomic E-state index is -0.511. The number of benzene rings is 3. The highest BCUT2D eigenvalue weighted by Gasteiger charge is 2.18. The average molecular weight is 493 g/mol. The van der Waals surface area contributed by atoms with Gasteiger partial charge in [0.1, 0.15) is 16.4 Å². The molecule has 1 N–H and O–H groups in total. The van der Waals surface area contributed by atoms with E-state index in [0.717, 1.165) is 26.8 Å². The Morgan fingerprint density at radius 2 is 1.74 bits per heavy atom. The second-order valence-corrected chi connectivity index (χ2v) is 8.96. The fourth-order valence-electron chi connectivity index (χ4n) is 3.08. The highest BCUT2D eigenvalue weighted by atomic mass is 35.5. The Kier molecular flexibility index (Phi) is 7.25. The van der Waals surface area contributed by atoms with E-state index in [4.69, 9.17) is 21.1 Å². The summed E-state index contributed by atoms with van der Waals surface area (Å²) in [6, 6.07) is 19.9. The Balaban J connectivity index is 1.29. The van der Waals surface area contributed by atoms with Crippen LogP contribution in [0, 0.1) is 13.8 Å². The first-order valence-corrected chi connectivity index (χ1v) is 11.6. The van der Waals surface area contributed by atoms with E-state index < -0.39 is 5.97 Å². The van der Waals surface area contributed by atoms with Gasteiger partial charge in [-0.1, -0.05) is 35.9 Å². The maximum atomic E-state index is 12.6. The lowest BCUT2D eigenvalue weighted by Gasteiger charge is -2.07. The SMILES string of the molecule is Cc1ccc(OCC(=O)N/N=C\c2ccc(OC(=O)c3sc4ccccc4c3Cl)cc2)cc1C. The Bertz CT molecular complexity index is 1380. The van der Waals surface area contributed by atoms with Crippen molar-refractivity contribution in [1.29, 1.82) is 0 Å². The summed E-state index contributed by atoms with van der Waals surface area (Å²) in [5.74, 6) is 0.120. The van der Waals surface area contributed by atoms with Crippen LogP contribution in [-0.4, -0.2) is 24.7 Å². The number of amides is 1. The predicted molar refractivity (Wildman–Crippen MR) is 135 cm³/mol. The van der Waals surface area contributed by atoms with Gasteiger partial charge in [0.25, 0.3) is 5.91 Å². The quantitative estimate of drug-likeness (QED) is 0.150. The largest absolute Gasteiger partial charge is 0.484 e. The Morgan fingerprint density at radius 3 is 2.47 bits per heavy atom. The van der Waals surface area contributed by atoms with Gasteiger partial charge < -0.3 is 9.47 Å². The van der Waals surface area contributed by atoms with Crippen molar-refractivity contribution in [2.45, 2.75) is 13.8 Å². The fraction of sp³-hybridized carbons (Fsp3) is 0.115. The van der Waals surface area contributed by atoms with Crippen LogP contribution < -0.4 is 14.9 Å². The lowest BCUT2D eigenvalue weighted by Crippen LogP contribution is -2.24. The van der Waals surface area contributed by atoms with E-state index in [-0.39, 0.29) is 12.5 Å². The summed E-state index contributed by atoms with van der Waals surface area (Å²) in [6.45, 7) is 3.85. The molecule has 0 fully saturated rings. The van der Waals surface area contributed by atoms with Crippen LogP contribution >= 0.6 is 22.9 Å². The first-order chi connectivity index (χ1) is 16.4. The van der Waals surface area contributed by atoms with E-state index in [0.29, 0.717) is 21.4 Å². The molecule has 0 aliphatic heterocycles. The van der Waals surface area contributed by atoms with Gasteiger partial charge in [-0.15, -0.1) is 11.3 Å². The number of hydrogen-bond acceptors (Lipinski definition) is 6. The molecule has 0 radical (unpaired) electrons. The van der Waals surface area contributed by atoms with Crippen molar-refractivity contribution in [2.24, 2.45) is 5.10 Å². The number of esters is 1. The number of aryl methyl sites for hydroxylation is 2. The molecule has 34 heavy (non-hydrogen) atoms. The zero-order chi connectivity index (χ0) is 24.1. The van der Waals surface area contributed by atoms with Gasteiger partial charge in [-0.3, -0.25) is 4.79 Å². The summed E-state index contributed by atoms with van der Waals surface area (Å²) >= 11 is 7.64. The van der Waals surface area contributed by atoms with Crippen LogP contribution in [0.1, 0.15) is 26.4 Å². The Labute approximate surface area is 205 Å². The van der Waals surface area contributed by atoms with Gasteiger partial charge in [0, 0.05) is 10.1 Å². The van der Waals surface area contributed by atoms with E-state index in [9.17, 15) is 9.59 Å². The maximum absolute atomic E-state index is 12.6. The number of carbonyl (C=O) groups is 2. The molecule has 1 amide bonds. The molecule has 0 atom stereocenters. The fourth-order valence-corrected chi connectivity index (χ4v) is 4.47. The van der Waals surface area contributed by atoms with Crippen molar-refractivity contribution in [1.82, 2.24) is 5.43 Å². The number of hydrazone groups is 1. The highest BCUT2D eigenvalue weighted by Crippen LogP contribution is 2.35. The molecular weight excluding hydrogens is 472 g/mol. The average Bonchev–Trinajstić information content (AvgIpc) is 3.18. The molecule has 4 aromatic rings. The molecule has 0 unspecified atom stereocenters. The van der Waals surface area contributed by atoms with E-state index in [1.54, 1.807) is 24.3 Å². The molecule has 1 heterocycles. The summed E-state index contributed by atoms with van der Waals surface area (Å²) in [4.78, 5) is 24.9. The van der Waals surface area contributed by atoms with Crippen LogP contribution in [0.3, 0.4) is 0 Å². The molecule has 0 saturated carbocycles. The predicted octanol–water partition coefficient (Wildman–Crippen LogP) is 5.92. The number of halogens is 1. The standard InChI is InChI=1S/C26H21ClN2O4S/c1-16-7-10-20(13-17(16)2)32-15-23(30)29-28-14-18-8-11-19(12-9-18)33-26(31)25-24(27)21-5-3-4-6-22(21)34-25/h3-14H,15H2,1-2H3,(H,29,30)/b28-14-. The number of hydrogen-bond donors (Lipinski definition) is 1. The minimum Gasteiger partial charge on any atom is -0.484 e. The van der Waals surface area contributed by atoms with E-state index in [2.05, 4.69) is 10.5 Å². The van der Waals surface area contributed by atoms with Crippen molar-refractivity contribution in [3.05, 3.63) is 93.3 Å². The van der Waals surface area contributed by atoms with Gasteiger partial charge in [0.05, 0.1) is 11.2 Å². The summed E-state index contributed by atoms with van der Waals surface area (Å²) in [5.41, 5.74) is 5.39. The van der Waals surface area contributed by atoms with Crippen LogP contribution in [0.5, 0.6) is 11.5 Å². The van der Waals surface area contributed by atoms with Gasteiger partial charge in [0.2, 0.25) is 0 Å². The van der Waals surface area contributed by atoms with Gasteiger partial charge in [-0.25, -0.2) is 10.2 Å². The van der Waals surface area contributed by atoms with Crippen molar-refractivity contribution < 1.29 is 19.1 Å². The molecule has 0 bridgehead atoms. The van der Waals surface area contributed by atoms with Crippen LogP contribution in [0.2, 0.25) is 5.02 Å². The number of rotatable bonds is 7. The van der Waals surface area contributed by atoms with Gasteiger partial charge in [-0.2, -0.15) is 5.10 Å². The lowest BCUT2D eigenvalue weighted by molar-refractivity contribution is -0.123. The highest BCUT2D eigenvalue weighted by molar-refractivity contribution is 7.21. The number of ether oxygens (including phenoxy) is 2. The van der Waals surface area contributed by atoms with Crippen LogP contribution in [-0.2, 0) is 4.79 Å². The first kappa shape index (κ1) is 23.5. The molecule has 6 nitrogen and oxygen atoms in total. The molecule has 1 aromatic heterocycles. The zero-order valence-corrected chi connectivity index (χ0v) is 20.1. The van der Waals surface area contributed by atoms with E-state index in [1.807, 2.05) is 56.3 Å². The normalized spacial score (nSPS) is 11.0. The molecule has 8 heteroatoms. The van der Waals surface area contributed by atoms with Gasteiger partial charge >= 0.3 is 5.97 Å². The van der Waals surface area contributed by atoms with E-state index >= 15 is 0 Å². The molecule has 0 aliphatic carbocycles. The molecule has 0 spiro atoms. The van der Waals surface area contributed by atoms with Crippen molar-refractivity contribution >= 4 is 51.1 Å². The Hall–Kier alpha value is -3.68. The van der Waals surface area contributed by atoms with Crippen molar-refractivity contribution in [3.8, 4) is 11.5 Å². The lowest BCUT2D eigenvalue weighted by atomic mass is 10.1. The molecule has 0 aliphatic rings. The zero-order valence-electron chi connectivity index (χ0n) is 18.5. The Morgan fingerprint density at radius 1 is 1.00 bits per heavy atom. The molecule has 172 valence electrons. The molecule has 4 rings (SSSR count). The van der Waals surface area contributed by atoms with Gasteiger partial charge in [-0.05, 0) is 73.0 Å². The smallest absolute Gasteiger partial charge is 0.355 e. The van der Waals surface area contributed by atoms with E-state index in [1.165, 1.54) is 17.6 Å².